The Kier molecular flexibility index (Phi) is 2.59. The fourth-order valence-corrected chi connectivity index (χ4v) is 1.06. The van der Waals surface area contributed by atoms with Crippen molar-refractivity contribution in [3.8, 4) is 0 Å². The molecule has 0 aliphatic carbocycles. The first-order valence-corrected chi connectivity index (χ1v) is 3.58. The molecule has 5 nitrogen and oxygen atoms in total. The average Bonchev–Trinajstić information content (AvgIpc) is 2.16. The molecule has 0 spiro atoms. The third-order valence-corrected chi connectivity index (χ3v) is 1.62. The molecule has 1 aromatic rings. The molecule has 0 atom stereocenters. The number of anilines is 1. The third-order valence-electron chi connectivity index (χ3n) is 1.62. The van der Waals surface area contributed by atoms with E-state index in [-0.39, 0.29) is 16.9 Å². The fraction of sp³-hybridized carbons (Fsp3) is 0.125. The van der Waals surface area contributed by atoms with Crippen molar-refractivity contribution in [3.05, 3.63) is 28.7 Å². The first-order valence-electron chi connectivity index (χ1n) is 3.58. The minimum Gasteiger partial charge on any atom is -0.478 e. The minimum atomic E-state index is -1.09. The van der Waals surface area contributed by atoms with E-state index in [1.165, 1.54) is 25.2 Å². The molecule has 0 heterocycles. The fourth-order valence-electron chi connectivity index (χ4n) is 1.06. The first-order chi connectivity index (χ1) is 6.20. The van der Waals surface area contributed by atoms with Gasteiger partial charge >= 0.3 is 5.97 Å². The molecule has 68 valence electrons. The number of carboxylic acid groups (broad SMARTS) is 1. The zero-order chi connectivity index (χ0) is 9.84. The van der Waals surface area contributed by atoms with Crippen molar-refractivity contribution in [2.45, 2.75) is 0 Å². The van der Waals surface area contributed by atoms with Crippen LogP contribution >= 0.6 is 0 Å². The highest BCUT2D eigenvalue weighted by Crippen LogP contribution is 2.27. The van der Waals surface area contributed by atoms with Gasteiger partial charge in [0, 0.05) is 7.05 Å². The van der Waals surface area contributed by atoms with Crippen molar-refractivity contribution in [3.63, 3.8) is 0 Å². The third kappa shape index (κ3) is 1.64. The molecule has 1 aromatic carbocycles. The van der Waals surface area contributed by atoms with Gasteiger partial charge in [-0.2, -0.15) is 0 Å². The Bertz CT molecular complexity index is 349. The average molecular weight is 180 g/mol. The lowest BCUT2D eigenvalue weighted by Crippen LogP contribution is -2.02. The maximum Gasteiger partial charge on any atom is 0.337 e. The molecule has 0 amide bonds. The summed E-state index contributed by atoms with van der Waals surface area (Å²) in [6.07, 6.45) is 0. The number of nitrogens with one attached hydrogen (secondary N) is 1. The summed E-state index contributed by atoms with van der Waals surface area (Å²) in [7, 11) is 1.54. The van der Waals surface area contributed by atoms with E-state index in [0.717, 1.165) is 0 Å². The predicted octanol–water partition coefficient (Wildman–Crippen LogP) is 1.82. The molecule has 0 aliphatic heterocycles. The Morgan fingerprint density at radius 3 is 2.69 bits per heavy atom. The number of carbonyl (C=O) groups is 1. The van der Waals surface area contributed by atoms with Crippen LogP contribution < -0.4 is 5.32 Å². The van der Waals surface area contributed by atoms with E-state index in [2.05, 4.69) is 10.5 Å². The molecule has 0 saturated carbocycles. The summed E-state index contributed by atoms with van der Waals surface area (Å²) < 4.78 is 0. The standard InChI is InChI=1S/C8H8N2O3/c1-9-7-5(8(11)12)3-2-4-6(7)10-13/h2-4,9H,1H3,(H,11,12). The molecule has 0 aromatic heterocycles. The lowest BCUT2D eigenvalue weighted by molar-refractivity contribution is 0.0698. The molecule has 2 N–H and O–H groups in total. The van der Waals surface area contributed by atoms with Crippen molar-refractivity contribution < 1.29 is 9.90 Å². The molecule has 0 fully saturated rings. The number of nitroso groups, excluding NO2 is 1. The second-order valence-corrected chi connectivity index (χ2v) is 2.35. The quantitative estimate of drug-likeness (QED) is 0.695. The highest BCUT2D eigenvalue weighted by molar-refractivity contribution is 5.97. The molecule has 13 heavy (non-hydrogen) atoms. The topological polar surface area (TPSA) is 78.8 Å². The molecule has 0 radical (unpaired) electrons. The van der Waals surface area contributed by atoms with Crippen LogP contribution in [0.15, 0.2) is 23.4 Å². The molecule has 1 rings (SSSR count). The van der Waals surface area contributed by atoms with Crippen molar-refractivity contribution in [1.82, 2.24) is 0 Å². The Morgan fingerprint density at radius 2 is 2.23 bits per heavy atom. The van der Waals surface area contributed by atoms with Gasteiger partial charge in [0.15, 0.2) is 0 Å². The molecule has 5 heteroatoms. The van der Waals surface area contributed by atoms with Crippen LogP contribution in [0.2, 0.25) is 0 Å². The minimum absolute atomic E-state index is 0.0413. The highest BCUT2D eigenvalue weighted by atomic mass is 16.4. The zero-order valence-electron chi connectivity index (χ0n) is 6.94. The SMILES string of the molecule is CNc1c(N=O)cccc1C(=O)O. The van der Waals surface area contributed by atoms with Gasteiger partial charge in [0.25, 0.3) is 0 Å². The predicted molar refractivity (Wildman–Crippen MR) is 48.4 cm³/mol. The maximum absolute atomic E-state index is 10.7. The summed E-state index contributed by atoms with van der Waals surface area (Å²) in [6.45, 7) is 0. The maximum atomic E-state index is 10.7. The Hall–Kier alpha value is -1.91. The van der Waals surface area contributed by atoms with Crippen LogP contribution in [0.25, 0.3) is 0 Å². The van der Waals surface area contributed by atoms with Crippen LogP contribution in [0.1, 0.15) is 10.4 Å². The highest BCUT2D eigenvalue weighted by Gasteiger charge is 2.12. The van der Waals surface area contributed by atoms with Gasteiger partial charge < -0.3 is 10.4 Å². The largest absolute Gasteiger partial charge is 0.478 e. The smallest absolute Gasteiger partial charge is 0.337 e. The van der Waals surface area contributed by atoms with E-state index in [0.29, 0.717) is 0 Å². The Labute approximate surface area is 74.4 Å². The number of nitrogens with zero attached hydrogens (tertiary/aromatic N) is 1. The van der Waals surface area contributed by atoms with Crippen molar-refractivity contribution in [2.75, 3.05) is 12.4 Å². The Morgan fingerprint density at radius 1 is 1.54 bits per heavy atom. The molecular weight excluding hydrogens is 172 g/mol. The summed E-state index contributed by atoms with van der Waals surface area (Å²) in [5.41, 5.74) is 0.381. The Balaban J connectivity index is 3.35. The van der Waals surface area contributed by atoms with Crippen molar-refractivity contribution in [2.24, 2.45) is 5.18 Å². The first kappa shape index (κ1) is 9.18. The molecule has 0 unspecified atom stereocenters. The summed E-state index contributed by atoms with van der Waals surface area (Å²) in [4.78, 5) is 20.9. The van der Waals surface area contributed by atoms with Gasteiger partial charge in [-0.1, -0.05) is 6.07 Å². The van der Waals surface area contributed by atoms with Gasteiger partial charge in [-0.3, -0.25) is 0 Å². The van der Waals surface area contributed by atoms with E-state index in [1.54, 1.807) is 0 Å². The summed E-state index contributed by atoms with van der Waals surface area (Å²) >= 11 is 0. The van der Waals surface area contributed by atoms with E-state index >= 15 is 0 Å². The lowest BCUT2D eigenvalue weighted by Gasteiger charge is -2.05. The molecular formula is C8H8N2O3. The van der Waals surface area contributed by atoms with Crippen LogP contribution in [-0.4, -0.2) is 18.1 Å². The van der Waals surface area contributed by atoms with Gasteiger partial charge in [0.2, 0.25) is 0 Å². The molecule has 0 aliphatic rings. The number of para-hydroxylation sites is 1. The normalized spacial score (nSPS) is 9.31. The van der Waals surface area contributed by atoms with Crippen LogP contribution in [0.5, 0.6) is 0 Å². The van der Waals surface area contributed by atoms with Gasteiger partial charge in [-0.05, 0) is 17.3 Å². The van der Waals surface area contributed by atoms with Crippen molar-refractivity contribution >= 4 is 17.3 Å². The monoisotopic (exact) mass is 180 g/mol. The molecule has 0 saturated heterocycles. The van der Waals surface area contributed by atoms with Crippen LogP contribution in [0, 0.1) is 4.91 Å². The van der Waals surface area contributed by atoms with Gasteiger partial charge in [0.05, 0.1) is 11.3 Å². The zero-order valence-corrected chi connectivity index (χ0v) is 6.94. The number of carboxylic acids is 1. The van der Waals surface area contributed by atoms with Crippen molar-refractivity contribution in [1.29, 1.82) is 0 Å². The van der Waals surface area contributed by atoms with E-state index in [9.17, 15) is 9.70 Å². The number of benzene rings is 1. The second kappa shape index (κ2) is 3.66. The van der Waals surface area contributed by atoms with Crippen LogP contribution in [-0.2, 0) is 0 Å². The lowest BCUT2D eigenvalue weighted by atomic mass is 10.1. The van der Waals surface area contributed by atoms with Gasteiger partial charge in [-0.25, -0.2) is 4.79 Å². The summed E-state index contributed by atoms with van der Waals surface area (Å²) in [6, 6.07) is 4.33. The van der Waals surface area contributed by atoms with Gasteiger partial charge in [0.1, 0.15) is 5.69 Å². The number of hydrogen-bond donors (Lipinski definition) is 2. The van der Waals surface area contributed by atoms with E-state index in [4.69, 9.17) is 5.11 Å². The van der Waals surface area contributed by atoms with E-state index < -0.39 is 5.97 Å². The number of hydrogen-bond acceptors (Lipinski definition) is 4. The number of aromatic carboxylic acids is 1. The van der Waals surface area contributed by atoms with Gasteiger partial charge in [-0.15, -0.1) is 4.91 Å². The second-order valence-electron chi connectivity index (χ2n) is 2.35. The van der Waals surface area contributed by atoms with E-state index in [1.807, 2.05) is 0 Å². The summed E-state index contributed by atoms with van der Waals surface area (Å²) in [5.74, 6) is -1.09. The number of rotatable bonds is 3. The van der Waals surface area contributed by atoms with Crippen LogP contribution in [0.3, 0.4) is 0 Å². The molecule has 0 bridgehead atoms. The summed E-state index contributed by atoms with van der Waals surface area (Å²) in [5, 5.41) is 14.1. The van der Waals surface area contributed by atoms with Crippen LogP contribution in [0.4, 0.5) is 11.4 Å².